The van der Waals surface area contributed by atoms with Crippen LogP contribution in [-0.4, -0.2) is 30.9 Å². The van der Waals surface area contributed by atoms with Gasteiger partial charge in [-0.2, -0.15) is 0 Å². The zero-order valence-corrected chi connectivity index (χ0v) is 11.4. The Balaban J connectivity index is 2.17. The van der Waals surface area contributed by atoms with E-state index in [2.05, 4.69) is 4.98 Å². The highest BCUT2D eigenvalue weighted by atomic mass is 32.2. The molecule has 0 amide bonds. The summed E-state index contributed by atoms with van der Waals surface area (Å²) in [5, 5.41) is 0. The van der Waals surface area contributed by atoms with Crippen LogP contribution in [0.15, 0.2) is 23.4 Å². The fourth-order valence-corrected chi connectivity index (χ4v) is 3.79. The van der Waals surface area contributed by atoms with Crippen LogP contribution in [0.2, 0.25) is 0 Å². The van der Waals surface area contributed by atoms with E-state index in [1.807, 2.05) is 13.8 Å². The lowest BCUT2D eigenvalue weighted by atomic mass is 10.1. The SMILES string of the molecule is CC1(C)CCC(CS(=O)(=O)c2ccncc2N)O1. The minimum absolute atomic E-state index is 0.0232. The van der Waals surface area contributed by atoms with Crippen molar-refractivity contribution in [2.75, 3.05) is 11.5 Å². The molecule has 1 aliphatic heterocycles. The van der Waals surface area contributed by atoms with Crippen molar-refractivity contribution in [1.29, 1.82) is 0 Å². The van der Waals surface area contributed by atoms with Crippen molar-refractivity contribution in [2.45, 2.75) is 43.3 Å². The predicted octanol–water partition coefficient (Wildman–Crippen LogP) is 1.40. The lowest BCUT2D eigenvalue weighted by Gasteiger charge is -2.19. The van der Waals surface area contributed by atoms with Crippen LogP contribution < -0.4 is 5.73 Å². The van der Waals surface area contributed by atoms with Gasteiger partial charge in [0.1, 0.15) is 0 Å². The molecule has 1 atom stereocenters. The molecule has 0 spiro atoms. The molecule has 18 heavy (non-hydrogen) atoms. The zero-order chi connectivity index (χ0) is 13.4. The molecule has 2 rings (SSSR count). The summed E-state index contributed by atoms with van der Waals surface area (Å²) in [6.45, 7) is 3.95. The summed E-state index contributed by atoms with van der Waals surface area (Å²) in [6, 6.07) is 1.44. The maximum Gasteiger partial charge on any atom is 0.183 e. The minimum Gasteiger partial charge on any atom is -0.396 e. The Morgan fingerprint density at radius 2 is 2.28 bits per heavy atom. The molecule has 5 nitrogen and oxygen atoms in total. The first kappa shape index (κ1) is 13.3. The number of aromatic nitrogens is 1. The fourth-order valence-electron chi connectivity index (χ4n) is 2.21. The topological polar surface area (TPSA) is 82.3 Å². The number of hydrogen-bond acceptors (Lipinski definition) is 5. The molecule has 6 heteroatoms. The Hall–Kier alpha value is -1.14. The number of nitrogen functional groups attached to an aromatic ring is 1. The van der Waals surface area contributed by atoms with Crippen molar-refractivity contribution in [3.05, 3.63) is 18.5 Å². The van der Waals surface area contributed by atoms with Crippen molar-refractivity contribution in [1.82, 2.24) is 4.98 Å². The van der Waals surface area contributed by atoms with E-state index in [0.29, 0.717) is 0 Å². The first-order chi connectivity index (χ1) is 8.30. The van der Waals surface area contributed by atoms with E-state index in [-0.39, 0.29) is 28.0 Å². The van der Waals surface area contributed by atoms with Crippen LogP contribution in [0.25, 0.3) is 0 Å². The highest BCUT2D eigenvalue weighted by Crippen LogP contribution is 2.31. The first-order valence-electron chi connectivity index (χ1n) is 5.90. The summed E-state index contributed by atoms with van der Waals surface area (Å²) < 4.78 is 30.2. The predicted molar refractivity (Wildman–Crippen MR) is 68.9 cm³/mol. The monoisotopic (exact) mass is 270 g/mol. The molecule has 1 saturated heterocycles. The number of ether oxygens (including phenoxy) is 1. The van der Waals surface area contributed by atoms with Gasteiger partial charge in [0, 0.05) is 6.20 Å². The molecule has 100 valence electrons. The maximum absolute atomic E-state index is 12.2. The van der Waals surface area contributed by atoms with Crippen LogP contribution in [0.4, 0.5) is 5.69 Å². The summed E-state index contributed by atoms with van der Waals surface area (Å²) in [5.41, 5.74) is 5.61. The lowest BCUT2D eigenvalue weighted by Crippen LogP contribution is -2.25. The molecule has 0 bridgehead atoms. The second kappa shape index (κ2) is 4.51. The van der Waals surface area contributed by atoms with Crippen molar-refractivity contribution < 1.29 is 13.2 Å². The van der Waals surface area contributed by atoms with Gasteiger partial charge in [-0.05, 0) is 32.8 Å². The van der Waals surface area contributed by atoms with Crippen LogP contribution in [-0.2, 0) is 14.6 Å². The molecule has 0 aliphatic carbocycles. The van der Waals surface area contributed by atoms with E-state index in [0.717, 1.165) is 12.8 Å². The van der Waals surface area contributed by atoms with Crippen LogP contribution in [0.3, 0.4) is 0 Å². The van der Waals surface area contributed by atoms with E-state index >= 15 is 0 Å². The smallest absolute Gasteiger partial charge is 0.183 e. The second-order valence-corrected chi connectivity index (χ2v) is 7.24. The molecule has 1 fully saturated rings. The number of sulfone groups is 1. The largest absolute Gasteiger partial charge is 0.396 e. The average molecular weight is 270 g/mol. The number of anilines is 1. The van der Waals surface area contributed by atoms with Gasteiger partial charge >= 0.3 is 0 Å². The highest BCUT2D eigenvalue weighted by molar-refractivity contribution is 7.91. The van der Waals surface area contributed by atoms with E-state index in [9.17, 15) is 8.42 Å². The van der Waals surface area contributed by atoms with E-state index in [1.165, 1.54) is 18.5 Å². The van der Waals surface area contributed by atoms with Crippen LogP contribution in [0.1, 0.15) is 26.7 Å². The average Bonchev–Trinajstić information content (AvgIpc) is 2.57. The van der Waals surface area contributed by atoms with Crippen LogP contribution >= 0.6 is 0 Å². The third-order valence-corrected chi connectivity index (χ3v) is 4.96. The Bertz CT molecular complexity index is 540. The zero-order valence-electron chi connectivity index (χ0n) is 10.6. The molecule has 1 aromatic heterocycles. The molecule has 0 aromatic carbocycles. The molecule has 2 heterocycles. The first-order valence-corrected chi connectivity index (χ1v) is 7.55. The molecule has 1 aliphatic rings. The van der Waals surface area contributed by atoms with E-state index in [4.69, 9.17) is 10.5 Å². The van der Waals surface area contributed by atoms with Gasteiger partial charge in [-0.3, -0.25) is 4.98 Å². The Morgan fingerprint density at radius 1 is 1.56 bits per heavy atom. The molecule has 2 N–H and O–H groups in total. The van der Waals surface area contributed by atoms with Gasteiger partial charge in [0.05, 0.1) is 34.2 Å². The number of nitrogens with zero attached hydrogens (tertiary/aromatic N) is 1. The summed E-state index contributed by atoms with van der Waals surface area (Å²) in [7, 11) is -3.41. The van der Waals surface area contributed by atoms with Crippen molar-refractivity contribution in [2.24, 2.45) is 0 Å². The van der Waals surface area contributed by atoms with Crippen LogP contribution in [0, 0.1) is 0 Å². The second-order valence-electron chi connectivity index (χ2n) is 5.23. The van der Waals surface area contributed by atoms with Crippen molar-refractivity contribution in [3.8, 4) is 0 Å². The molecule has 1 aromatic rings. The summed E-state index contributed by atoms with van der Waals surface area (Å²) in [5.74, 6) is -0.0232. The Kier molecular flexibility index (Phi) is 3.33. The van der Waals surface area contributed by atoms with Crippen molar-refractivity contribution in [3.63, 3.8) is 0 Å². The number of rotatable bonds is 3. The quantitative estimate of drug-likeness (QED) is 0.897. The van der Waals surface area contributed by atoms with Gasteiger partial charge in [0.15, 0.2) is 9.84 Å². The third kappa shape index (κ3) is 2.81. The van der Waals surface area contributed by atoms with E-state index in [1.54, 1.807) is 0 Å². The maximum atomic E-state index is 12.2. The van der Waals surface area contributed by atoms with Gasteiger partial charge in [-0.25, -0.2) is 8.42 Å². The summed E-state index contributed by atoms with van der Waals surface area (Å²) >= 11 is 0. The van der Waals surface area contributed by atoms with Gasteiger partial charge in [0.2, 0.25) is 0 Å². The lowest BCUT2D eigenvalue weighted by molar-refractivity contribution is -0.00527. The summed E-state index contributed by atoms with van der Waals surface area (Å²) in [6.07, 6.45) is 4.17. The number of nitrogens with two attached hydrogens (primary N) is 1. The third-order valence-electron chi connectivity index (χ3n) is 3.10. The standard InChI is InChI=1S/C12H18N2O3S/c1-12(2)5-3-9(17-12)8-18(15,16)11-4-6-14-7-10(11)13/h4,6-7,9H,3,5,8,13H2,1-2H3. The van der Waals surface area contributed by atoms with E-state index < -0.39 is 9.84 Å². The minimum atomic E-state index is -3.41. The Morgan fingerprint density at radius 3 is 2.83 bits per heavy atom. The normalized spacial score (nSPS) is 23.1. The number of pyridine rings is 1. The molecule has 1 unspecified atom stereocenters. The Labute approximate surface area is 107 Å². The molecule has 0 saturated carbocycles. The van der Waals surface area contributed by atoms with Crippen LogP contribution in [0.5, 0.6) is 0 Å². The molecular formula is C12H18N2O3S. The molecular weight excluding hydrogens is 252 g/mol. The van der Waals surface area contributed by atoms with Gasteiger partial charge in [0.25, 0.3) is 0 Å². The van der Waals surface area contributed by atoms with Gasteiger partial charge in [-0.1, -0.05) is 0 Å². The molecule has 0 radical (unpaired) electrons. The fraction of sp³-hybridized carbons (Fsp3) is 0.583. The summed E-state index contributed by atoms with van der Waals surface area (Å²) in [4.78, 5) is 3.94. The highest BCUT2D eigenvalue weighted by Gasteiger charge is 2.35. The number of hydrogen-bond donors (Lipinski definition) is 1. The van der Waals surface area contributed by atoms with Gasteiger partial charge < -0.3 is 10.5 Å². The van der Waals surface area contributed by atoms with Crippen molar-refractivity contribution >= 4 is 15.5 Å². The van der Waals surface area contributed by atoms with Gasteiger partial charge in [-0.15, -0.1) is 0 Å².